The van der Waals surface area contributed by atoms with Crippen LogP contribution in [0.15, 0.2) is 45.1 Å². The molecule has 0 saturated carbocycles. The third kappa shape index (κ3) is 4.41. The summed E-state index contributed by atoms with van der Waals surface area (Å²) in [5.41, 5.74) is 14.1. The van der Waals surface area contributed by atoms with Crippen LogP contribution in [-0.4, -0.2) is 38.9 Å². The van der Waals surface area contributed by atoms with Gasteiger partial charge in [-0.05, 0) is 37.2 Å². The van der Waals surface area contributed by atoms with Gasteiger partial charge in [0.2, 0.25) is 6.79 Å². The molecular formula is C23H27N7O3S. The molecule has 0 saturated heterocycles. The van der Waals surface area contributed by atoms with Gasteiger partial charge in [-0.25, -0.2) is 15.0 Å². The van der Waals surface area contributed by atoms with Crippen LogP contribution in [0.5, 0.6) is 11.5 Å². The minimum absolute atomic E-state index is 0.183. The minimum Gasteiger partial charge on any atom is -0.460 e. The summed E-state index contributed by atoms with van der Waals surface area (Å²) in [6.45, 7) is 6.38. The Bertz CT molecular complexity index is 1320. The second kappa shape index (κ2) is 9.53. The number of furan rings is 1. The van der Waals surface area contributed by atoms with Gasteiger partial charge in [0.25, 0.3) is 0 Å². The third-order valence-electron chi connectivity index (χ3n) is 5.44. The molecular weight excluding hydrogens is 454 g/mol. The highest BCUT2D eigenvalue weighted by Crippen LogP contribution is 2.45. The lowest BCUT2D eigenvalue weighted by Crippen LogP contribution is -2.24. The molecule has 0 spiro atoms. The van der Waals surface area contributed by atoms with Gasteiger partial charge in [-0.1, -0.05) is 25.6 Å². The number of anilines is 1. The van der Waals surface area contributed by atoms with Gasteiger partial charge in [-0.15, -0.1) is 0 Å². The summed E-state index contributed by atoms with van der Waals surface area (Å²) in [5, 5.41) is 4.21. The number of nitrogens with zero attached hydrogens (tertiary/aromatic N) is 4. The predicted octanol–water partition coefficient (Wildman–Crippen LogP) is 3.40. The van der Waals surface area contributed by atoms with Crippen molar-refractivity contribution in [3.63, 3.8) is 0 Å². The van der Waals surface area contributed by atoms with Crippen LogP contribution in [0.4, 0.5) is 5.82 Å². The topological polar surface area (TPSA) is 139 Å². The fourth-order valence-corrected chi connectivity index (χ4v) is 4.83. The second-order valence-electron chi connectivity index (χ2n) is 8.21. The van der Waals surface area contributed by atoms with E-state index in [2.05, 4.69) is 33.7 Å². The highest BCUT2D eigenvalue weighted by molar-refractivity contribution is 7.99. The maximum atomic E-state index is 6.13. The third-order valence-corrected chi connectivity index (χ3v) is 6.49. The maximum Gasteiger partial charge on any atom is 0.231 e. The lowest BCUT2D eigenvalue weighted by molar-refractivity contribution is 0.174. The Morgan fingerprint density at radius 3 is 2.76 bits per heavy atom. The first kappa shape index (κ1) is 22.5. The summed E-state index contributed by atoms with van der Waals surface area (Å²) in [5.74, 6) is 3.12. The van der Waals surface area contributed by atoms with Crippen molar-refractivity contribution < 1.29 is 13.9 Å². The Morgan fingerprint density at radius 1 is 1.18 bits per heavy atom. The molecule has 0 radical (unpaired) electrons. The van der Waals surface area contributed by atoms with Crippen LogP contribution in [0.2, 0.25) is 0 Å². The van der Waals surface area contributed by atoms with E-state index in [0.717, 1.165) is 35.1 Å². The summed E-state index contributed by atoms with van der Waals surface area (Å²) < 4.78 is 19.3. The molecule has 5 rings (SSSR count). The molecule has 4 aromatic rings. The summed E-state index contributed by atoms with van der Waals surface area (Å²) >= 11 is 1.50. The van der Waals surface area contributed by atoms with Crippen molar-refractivity contribution in [1.29, 1.82) is 0 Å². The fourth-order valence-electron chi connectivity index (χ4n) is 3.77. The molecule has 1 aliphatic rings. The van der Waals surface area contributed by atoms with E-state index in [-0.39, 0.29) is 6.79 Å². The predicted molar refractivity (Wildman–Crippen MR) is 130 cm³/mol. The molecule has 0 aliphatic carbocycles. The number of fused-ring (bicyclic) bond motifs is 2. The van der Waals surface area contributed by atoms with E-state index in [1.807, 2.05) is 24.3 Å². The van der Waals surface area contributed by atoms with Crippen LogP contribution in [0.25, 0.3) is 22.5 Å². The largest absolute Gasteiger partial charge is 0.460 e. The number of aryl methyl sites for hydroxylation is 1. The molecule has 0 atom stereocenters. The molecule has 34 heavy (non-hydrogen) atoms. The number of rotatable bonds is 9. The van der Waals surface area contributed by atoms with Gasteiger partial charge in [0, 0.05) is 23.0 Å². The molecule has 178 valence electrons. The van der Waals surface area contributed by atoms with Crippen molar-refractivity contribution in [2.75, 3.05) is 19.1 Å². The molecule has 5 N–H and O–H groups in total. The van der Waals surface area contributed by atoms with Gasteiger partial charge < -0.3 is 35.2 Å². The Kier molecular flexibility index (Phi) is 6.31. The first-order valence-corrected chi connectivity index (χ1v) is 12.0. The van der Waals surface area contributed by atoms with Crippen molar-refractivity contribution >= 4 is 28.7 Å². The first-order valence-electron chi connectivity index (χ1n) is 11.1. The SMILES string of the molecule is CC(C)NCCCn1c(Sc2cc3c(cc2-c2ccc(CN)o2)OCO3)nc2c(N)ncnc21. The first-order chi connectivity index (χ1) is 16.5. The van der Waals surface area contributed by atoms with Crippen LogP contribution in [0.3, 0.4) is 0 Å². The van der Waals surface area contributed by atoms with Gasteiger partial charge in [0.1, 0.15) is 17.8 Å². The Labute approximate surface area is 201 Å². The number of nitrogens with one attached hydrogen (secondary N) is 1. The van der Waals surface area contributed by atoms with Gasteiger partial charge in [0.15, 0.2) is 33.6 Å². The number of nitrogen functional groups attached to an aromatic ring is 1. The number of aromatic nitrogens is 4. The van der Waals surface area contributed by atoms with Crippen LogP contribution < -0.4 is 26.3 Å². The molecule has 4 heterocycles. The fraction of sp³-hybridized carbons (Fsp3) is 0.348. The average molecular weight is 482 g/mol. The molecule has 3 aromatic heterocycles. The Morgan fingerprint density at radius 2 is 2.00 bits per heavy atom. The highest BCUT2D eigenvalue weighted by Gasteiger charge is 2.23. The summed E-state index contributed by atoms with van der Waals surface area (Å²) in [4.78, 5) is 14.3. The van der Waals surface area contributed by atoms with Crippen LogP contribution in [-0.2, 0) is 13.1 Å². The number of benzene rings is 1. The molecule has 0 fully saturated rings. The van der Waals surface area contributed by atoms with Gasteiger partial charge in [0.05, 0.1) is 6.54 Å². The van der Waals surface area contributed by atoms with Crippen LogP contribution in [0.1, 0.15) is 26.0 Å². The standard InChI is InChI=1S/C23H27N7O3S/c1-13(2)26-6-3-7-30-22-20(21(25)27-11-28-22)29-23(30)34-19-9-18-17(31-12-32-18)8-15(19)16-5-4-14(10-24)33-16/h4-5,8-9,11,13,26H,3,6-7,10,12,24H2,1-2H3,(H2,25,27,28). The molecule has 1 aliphatic heterocycles. The van der Waals surface area contributed by atoms with E-state index >= 15 is 0 Å². The number of imidazole rings is 1. The lowest BCUT2D eigenvalue weighted by atomic mass is 10.1. The number of nitrogens with two attached hydrogens (primary N) is 2. The van der Waals surface area contributed by atoms with Crippen molar-refractivity contribution in [2.24, 2.45) is 5.73 Å². The Hall–Kier alpha value is -3.28. The summed E-state index contributed by atoms with van der Waals surface area (Å²) in [6, 6.07) is 8.09. The molecule has 0 bridgehead atoms. The molecule has 0 amide bonds. The second-order valence-corrected chi connectivity index (χ2v) is 9.22. The minimum atomic E-state index is 0.183. The maximum absolute atomic E-state index is 6.13. The lowest BCUT2D eigenvalue weighted by Gasteiger charge is -2.12. The van der Waals surface area contributed by atoms with E-state index in [9.17, 15) is 0 Å². The van der Waals surface area contributed by atoms with Gasteiger partial charge in [-0.2, -0.15) is 0 Å². The van der Waals surface area contributed by atoms with E-state index in [4.69, 9.17) is 30.3 Å². The summed E-state index contributed by atoms with van der Waals surface area (Å²) in [7, 11) is 0. The highest BCUT2D eigenvalue weighted by atomic mass is 32.2. The Balaban J connectivity index is 1.55. The zero-order valence-corrected chi connectivity index (χ0v) is 19.9. The summed E-state index contributed by atoms with van der Waals surface area (Å²) in [6.07, 6.45) is 2.38. The zero-order chi connectivity index (χ0) is 23.7. The van der Waals surface area contributed by atoms with Crippen molar-refractivity contribution in [1.82, 2.24) is 24.8 Å². The zero-order valence-electron chi connectivity index (χ0n) is 19.1. The molecule has 11 heteroatoms. The average Bonchev–Trinajstić information content (AvgIpc) is 3.55. The van der Waals surface area contributed by atoms with E-state index in [1.54, 1.807) is 0 Å². The van der Waals surface area contributed by atoms with Gasteiger partial charge in [-0.3, -0.25) is 0 Å². The normalized spacial score (nSPS) is 12.8. The van der Waals surface area contributed by atoms with Crippen LogP contribution in [0, 0.1) is 0 Å². The van der Waals surface area contributed by atoms with Crippen molar-refractivity contribution in [3.05, 3.63) is 36.4 Å². The molecule has 10 nitrogen and oxygen atoms in total. The number of hydrogen-bond donors (Lipinski definition) is 3. The monoisotopic (exact) mass is 481 g/mol. The van der Waals surface area contributed by atoms with Crippen molar-refractivity contribution in [3.8, 4) is 22.8 Å². The quantitative estimate of drug-likeness (QED) is 0.305. The molecule has 1 aromatic carbocycles. The molecule has 0 unspecified atom stereocenters. The van der Waals surface area contributed by atoms with Gasteiger partial charge >= 0.3 is 0 Å². The van der Waals surface area contributed by atoms with E-state index in [0.29, 0.717) is 52.6 Å². The van der Waals surface area contributed by atoms with Crippen molar-refractivity contribution in [2.45, 2.75) is 49.5 Å². The van der Waals surface area contributed by atoms with E-state index < -0.39 is 0 Å². The smallest absolute Gasteiger partial charge is 0.231 e. The van der Waals surface area contributed by atoms with Crippen LogP contribution >= 0.6 is 11.8 Å². The number of hydrogen-bond acceptors (Lipinski definition) is 10. The van der Waals surface area contributed by atoms with E-state index in [1.165, 1.54) is 18.1 Å². The number of ether oxygens (including phenoxy) is 2.